The Morgan fingerprint density at radius 3 is 2.39 bits per heavy atom. The van der Waals surface area contributed by atoms with Gasteiger partial charge in [-0.05, 0) is 42.8 Å². The molecule has 0 aliphatic carbocycles. The molecule has 3 heteroatoms. The molecule has 1 N–H and O–H groups in total. The quantitative estimate of drug-likeness (QED) is 0.758. The van der Waals surface area contributed by atoms with Crippen LogP contribution in [0.15, 0.2) is 40.9 Å². The first-order valence-electron chi connectivity index (χ1n) is 6.06. The Balaban J connectivity index is 2.49. The highest BCUT2D eigenvalue weighted by Crippen LogP contribution is 2.31. The van der Waals surface area contributed by atoms with Gasteiger partial charge >= 0.3 is 0 Å². The third-order valence-electron chi connectivity index (χ3n) is 3.39. The molecule has 0 saturated carbocycles. The third kappa shape index (κ3) is 1.66. The average molecular weight is 304 g/mol. The number of hydrogen-bond donors (Lipinski definition) is 1. The van der Waals surface area contributed by atoms with Crippen LogP contribution in [0.2, 0.25) is 0 Å². The number of fused-ring (bicyclic) bond motifs is 3. The molecule has 0 fully saturated rings. The summed E-state index contributed by atoms with van der Waals surface area (Å²) < 4.78 is 3.39. The van der Waals surface area contributed by atoms with Crippen LogP contribution < -0.4 is 0 Å². The van der Waals surface area contributed by atoms with Crippen molar-refractivity contribution < 1.29 is 5.11 Å². The monoisotopic (exact) mass is 303 g/mol. The van der Waals surface area contributed by atoms with Crippen LogP contribution in [-0.4, -0.2) is 9.67 Å². The van der Waals surface area contributed by atoms with Crippen LogP contribution in [0.1, 0.15) is 12.5 Å². The molecule has 1 aromatic heterocycles. The standard InChI is InChI=1S/C15H14BrNO/c1-2-17-14-5-3-10(9-18)7-12(14)13-8-11(16)4-6-15(13)17/h3-8,18H,2,9H2,1H3. The van der Waals surface area contributed by atoms with E-state index in [-0.39, 0.29) is 6.61 Å². The van der Waals surface area contributed by atoms with E-state index in [1.54, 1.807) is 0 Å². The Morgan fingerprint density at radius 2 is 1.72 bits per heavy atom. The van der Waals surface area contributed by atoms with Gasteiger partial charge in [0.15, 0.2) is 0 Å². The van der Waals surface area contributed by atoms with Crippen molar-refractivity contribution in [1.29, 1.82) is 0 Å². The fourth-order valence-electron chi connectivity index (χ4n) is 2.56. The van der Waals surface area contributed by atoms with Gasteiger partial charge in [0.05, 0.1) is 6.61 Å². The van der Waals surface area contributed by atoms with Crippen molar-refractivity contribution in [1.82, 2.24) is 4.57 Å². The molecule has 3 rings (SSSR count). The predicted molar refractivity (Wildman–Crippen MR) is 78.7 cm³/mol. The Morgan fingerprint density at radius 1 is 1.06 bits per heavy atom. The van der Waals surface area contributed by atoms with Crippen LogP contribution in [0, 0.1) is 0 Å². The number of benzene rings is 2. The van der Waals surface area contributed by atoms with Crippen LogP contribution in [0.4, 0.5) is 0 Å². The van der Waals surface area contributed by atoms with E-state index in [9.17, 15) is 5.11 Å². The second-order valence-corrected chi connectivity index (χ2v) is 5.33. The zero-order chi connectivity index (χ0) is 12.7. The minimum absolute atomic E-state index is 0.0861. The summed E-state index contributed by atoms with van der Waals surface area (Å²) in [5, 5.41) is 11.7. The Labute approximate surface area is 114 Å². The van der Waals surface area contributed by atoms with Gasteiger partial charge in [0, 0.05) is 32.8 Å². The maximum Gasteiger partial charge on any atom is 0.0682 e. The molecule has 2 aromatic carbocycles. The van der Waals surface area contributed by atoms with E-state index < -0.39 is 0 Å². The summed E-state index contributed by atoms with van der Waals surface area (Å²) in [4.78, 5) is 0. The van der Waals surface area contributed by atoms with E-state index in [4.69, 9.17) is 0 Å². The van der Waals surface area contributed by atoms with Crippen LogP contribution in [0.3, 0.4) is 0 Å². The molecule has 0 radical (unpaired) electrons. The second-order valence-electron chi connectivity index (χ2n) is 4.42. The van der Waals surface area contributed by atoms with Gasteiger partial charge in [0.1, 0.15) is 0 Å². The van der Waals surface area contributed by atoms with Crippen LogP contribution in [0.25, 0.3) is 21.8 Å². The van der Waals surface area contributed by atoms with E-state index in [2.05, 4.69) is 57.8 Å². The van der Waals surface area contributed by atoms with Crippen LogP contribution >= 0.6 is 15.9 Å². The molecule has 92 valence electrons. The highest BCUT2D eigenvalue weighted by atomic mass is 79.9. The molecule has 0 spiro atoms. The van der Waals surface area contributed by atoms with Crippen molar-refractivity contribution >= 4 is 37.7 Å². The highest BCUT2D eigenvalue weighted by Gasteiger charge is 2.10. The molecular weight excluding hydrogens is 290 g/mol. The van der Waals surface area contributed by atoms with Gasteiger partial charge in [0.25, 0.3) is 0 Å². The normalized spacial score (nSPS) is 11.5. The molecule has 0 bridgehead atoms. The van der Waals surface area contributed by atoms with Gasteiger partial charge in [-0.15, -0.1) is 0 Å². The molecule has 18 heavy (non-hydrogen) atoms. The summed E-state index contributed by atoms with van der Waals surface area (Å²) in [6.45, 7) is 3.18. The molecule has 1 heterocycles. The largest absolute Gasteiger partial charge is 0.392 e. The third-order valence-corrected chi connectivity index (χ3v) is 3.88. The SMILES string of the molecule is CCn1c2ccc(Br)cc2c2cc(CO)ccc21. The molecule has 0 unspecified atom stereocenters. The number of aliphatic hydroxyl groups excluding tert-OH is 1. The van der Waals surface area contributed by atoms with E-state index in [1.165, 1.54) is 21.8 Å². The number of rotatable bonds is 2. The number of aryl methyl sites for hydroxylation is 1. The Hall–Kier alpha value is -1.32. The highest BCUT2D eigenvalue weighted by molar-refractivity contribution is 9.10. The molecule has 0 aliphatic rings. The summed E-state index contributed by atoms with van der Waals surface area (Å²) in [5.74, 6) is 0. The lowest BCUT2D eigenvalue weighted by Gasteiger charge is -2.03. The molecule has 0 amide bonds. The molecule has 0 atom stereocenters. The minimum Gasteiger partial charge on any atom is -0.392 e. The number of aromatic nitrogens is 1. The molecule has 0 saturated heterocycles. The van der Waals surface area contributed by atoms with Crippen molar-refractivity contribution in [3.8, 4) is 0 Å². The number of halogens is 1. The van der Waals surface area contributed by atoms with E-state index in [0.717, 1.165) is 16.6 Å². The number of hydrogen-bond acceptors (Lipinski definition) is 1. The predicted octanol–water partition coefficient (Wildman–Crippen LogP) is 4.07. The van der Waals surface area contributed by atoms with E-state index in [0.29, 0.717) is 0 Å². The summed E-state index contributed by atoms with van der Waals surface area (Å²) in [5.41, 5.74) is 3.42. The van der Waals surface area contributed by atoms with Gasteiger partial charge in [-0.1, -0.05) is 22.0 Å². The van der Waals surface area contributed by atoms with Gasteiger partial charge in [0.2, 0.25) is 0 Å². The molecule has 3 aromatic rings. The van der Waals surface area contributed by atoms with Crippen LogP contribution in [-0.2, 0) is 13.2 Å². The number of nitrogens with zero attached hydrogens (tertiary/aromatic N) is 1. The van der Waals surface area contributed by atoms with Crippen molar-refractivity contribution in [2.75, 3.05) is 0 Å². The fourth-order valence-corrected chi connectivity index (χ4v) is 2.92. The van der Waals surface area contributed by atoms with Gasteiger partial charge < -0.3 is 9.67 Å². The van der Waals surface area contributed by atoms with Crippen molar-refractivity contribution in [3.63, 3.8) is 0 Å². The molecular formula is C15H14BrNO. The summed E-state index contributed by atoms with van der Waals surface area (Å²) in [7, 11) is 0. The lowest BCUT2D eigenvalue weighted by Crippen LogP contribution is -1.92. The van der Waals surface area contributed by atoms with Crippen molar-refractivity contribution in [2.24, 2.45) is 0 Å². The summed E-state index contributed by atoms with van der Waals surface area (Å²) in [6, 6.07) is 12.5. The maximum atomic E-state index is 9.27. The van der Waals surface area contributed by atoms with Crippen molar-refractivity contribution in [3.05, 3.63) is 46.4 Å². The Kier molecular flexibility index (Phi) is 2.88. The summed E-state index contributed by atoms with van der Waals surface area (Å²) >= 11 is 3.53. The number of aliphatic hydroxyl groups is 1. The summed E-state index contributed by atoms with van der Waals surface area (Å²) in [6.07, 6.45) is 0. The first kappa shape index (κ1) is 11.8. The van der Waals surface area contributed by atoms with Gasteiger partial charge in [-0.2, -0.15) is 0 Å². The lowest BCUT2D eigenvalue weighted by molar-refractivity contribution is 0.282. The maximum absolute atomic E-state index is 9.27. The van der Waals surface area contributed by atoms with E-state index in [1.807, 2.05) is 6.07 Å². The first-order chi connectivity index (χ1) is 8.74. The second kappa shape index (κ2) is 4.41. The average Bonchev–Trinajstić information content (AvgIpc) is 2.71. The molecule has 2 nitrogen and oxygen atoms in total. The zero-order valence-corrected chi connectivity index (χ0v) is 11.7. The van der Waals surface area contributed by atoms with E-state index >= 15 is 0 Å². The van der Waals surface area contributed by atoms with Gasteiger partial charge in [-0.25, -0.2) is 0 Å². The zero-order valence-electron chi connectivity index (χ0n) is 10.2. The molecule has 0 aliphatic heterocycles. The van der Waals surface area contributed by atoms with Crippen LogP contribution in [0.5, 0.6) is 0 Å². The minimum atomic E-state index is 0.0861. The Bertz CT molecular complexity index is 730. The smallest absolute Gasteiger partial charge is 0.0682 e. The fraction of sp³-hybridized carbons (Fsp3) is 0.200. The lowest BCUT2D eigenvalue weighted by atomic mass is 10.1. The van der Waals surface area contributed by atoms with Crippen molar-refractivity contribution in [2.45, 2.75) is 20.1 Å². The first-order valence-corrected chi connectivity index (χ1v) is 6.85. The topological polar surface area (TPSA) is 25.2 Å². The van der Waals surface area contributed by atoms with Gasteiger partial charge in [-0.3, -0.25) is 0 Å².